The number of fused-ring (bicyclic) bond motifs is 1. The van der Waals surface area contributed by atoms with Crippen LogP contribution in [0.15, 0.2) is 24.3 Å². The molecule has 3 rings (SSSR count). The summed E-state index contributed by atoms with van der Waals surface area (Å²) in [6, 6.07) is 8.39. The van der Waals surface area contributed by atoms with Crippen molar-refractivity contribution in [2.75, 3.05) is 13.1 Å². The lowest BCUT2D eigenvalue weighted by Crippen LogP contribution is -2.31. The van der Waals surface area contributed by atoms with E-state index in [1.165, 1.54) is 11.1 Å². The van der Waals surface area contributed by atoms with Crippen LogP contribution in [0.4, 0.5) is 0 Å². The number of likely N-dealkylation sites (tertiary alicyclic amines) is 1. The average molecular weight is 273 g/mol. The van der Waals surface area contributed by atoms with Gasteiger partial charge in [0.1, 0.15) is 0 Å². The Labute approximate surface area is 120 Å². The first-order valence-corrected chi connectivity index (χ1v) is 7.65. The van der Waals surface area contributed by atoms with Gasteiger partial charge in [0.25, 0.3) is 0 Å². The fourth-order valence-corrected chi connectivity index (χ4v) is 3.60. The van der Waals surface area contributed by atoms with Crippen LogP contribution in [0, 0.1) is 18.8 Å². The summed E-state index contributed by atoms with van der Waals surface area (Å²) in [5, 5.41) is 9.89. The van der Waals surface area contributed by atoms with Gasteiger partial charge in [-0.3, -0.25) is 4.79 Å². The highest BCUT2D eigenvalue weighted by Crippen LogP contribution is 2.38. The van der Waals surface area contributed by atoms with Crippen molar-refractivity contribution in [2.24, 2.45) is 11.8 Å². The van der Waals surface area contributed by atoms with Crippen molar-refractivity contribution < 1.29 is 9.90 Å². The number of hydrogen-bond donors (Lipinski definition) is 1. The lowest BCUT2D eigenvalue weighted by molar-refractivity contribution is -0.130. The first kappa shape index (κ1) is 13.6. The van der Waals surface area contributed by atoms with Gasteiger partial charge in [0, 0.05) is 25.4 Å². The molecule has 108 valence electrons. The zero-order valence-electron chi connectivity index (χ0n) is 12.1. The smallest absolute Gasteiger partial charge is 0.222 e. The third-order valence-corrected chi connectivity index (χ3v) is 4.92. The van der Waals surface area contributed by atoms with Crippen LogP contribution in [0.2, 0.25) is 0 Å². The Hall–Kier alpha value is -1.35. The van der Waals surface area contributed by atoms with E-state index in [4.69, 9.17) is 0 Å². The molecule has 3 atom stereocenters. The van der Waals surface area contributed by atoms with E-state index in [-0.39, 0.29) is 12.0 Å². The van der Waals surface area contributed by atoms with Gasteiger partial charge < -0.3 is 10.0 Å². The van der Waals surface area contributed by atoms with Crippen molar-refractivity contribution in [2.45, 2.75) is 38.7 Å². The Kier molecular flexibility index (Phi) is 3.79. The maximum absolute atomic E-state index is 12.3. The van der Waals surface area contributed by atoms with E-state index in [0.717, 1.165) is 32.4 Å². The number of amides is 1. The number of benzene rings is 1. The second-order valence-corrected chi connectivity index (χ2v) is 6.35. The molecule has 1 saturated heterocycles. The first-order chi connectivity index (χ1) is 9.63. The van der Waals surface area contributed by atoms with Gasteiger partial charge in [0.05, 0.1) is 6.10 Å². The minimum absolute atomic E-state index is 0.185. The number of aliphatic hydroxyl groups excluding tert-OH is 1. The maximum Gasteiger partial charge on any atom is 0.222 e. The van der Waals surface area contributed by atoms with Gasteiger partial charge in [0.2, 0.25) is 5.91 Å². The summed E-state index contributed by atoms with van der Waals surface area (Å²) in [4.78, 5) is 14.2. The summed E-state index contributed by atoms with van der Waals surface area (Å²) in [7, 11) is 0. The van der Waals surface area contributed by atoms with Crippen molar-refractivity contribution in [3.8, 4) is 0 Å². The Morgan fingerprint density at radius 1 is 1.25 bits per heavy atom. The van der Waals surface area contributed by atoms with Crippen LogP contribution in [-0.4, -0.2) is 35.1 Å². The van der Waals surface area contributed by atoms with Crippen LogP contribution in [0.5, 0.6) is 0 Å². The quantitative estimate of drug-likeness (QED) is 0.917. The zero-order chi connectivity index (χ0) is 14.1. The molecule has 1 heterocycles. The third-order valence-electron chi connectivity index (χ3n) is 4.92. The van der Waals surface area contributed by atoms with E-state index >= 15 is 0 Å². The molecule has 1 amide bonds. The highest BCUT2D eigenvalue weighted by Gasteiger charge is 2.42. The molecule has 0 radical (unpaired) electrons. The van der Waals surface area contributed by atoms with Gasteiger partial charge in [-0.2, -0.15) is 0 Å². The van der Waals surface area contributed by atoms with Crippen LogP contribution < -0.4 is 0 Å². The third kappa shape index (κ3) is 2.73. The highest BCUT2D eigenvalue weighted by atomic mass is 16.3. The first-order valence-electron chi connectivity index (χ1n) is 7.65. The van der Waals surface area contributed by atoms with E-state index in [9.17, 15) is 9.90 Å². The van der Waals surface area contributed by atoms with Crippen LogP contribution in [0.25, 0.3) is 0 Å². The molecule has 2 aliphatic rings. The number of hydrogen-bond acceptors (Lipinski definition) is 2. The molecule has 1 N–H and O–H groups in total. The van der Waals surface area contributed by atoms with Crippen LogP contribution in [-0.2, 0) is 11.2 Å². The van der Waals surface area contributed by atoms with Gasteiger partial charge >= 0.3 is 0 Å². The highest BCUT2D eigenvalue weighted by molar-refractivity contribution is 5.76. The average Bonchev–Trinajstić information content (AvgIpc) is 3.01. The molecule has 0 aromatic heterocycles. The Morgan fingerprint density at radius 2 is 2.00 bits per heavy atom. The molecular formula is C17H23NO2. The van der Waals surface area contributed by atoms with Crippen molar-refractivity contribution >= 4 is 5.91 Å². The summed E-state index contributed by atoms with van der Waals surface area (Å²) in [5.41, 5.74) is 2.48. The van der Waals surface area contributed by atoms with Crippen molar-refractivity contribution in [3.63, 3.8) is 0 Å². The Balaban J connectivity index is 1.52. The summed E-state index contributed by atoms with van der Waals surface area (Å²) >= 11 is 0. The Morgan fingerprint density at radius 3 is 2.70 bits per heavy atom. The lowest BCUT2D eigenvalue weighted by Gasteiger charge is -2.18. The molecule has 3 nitrogen and oxygen atoms in total. The summed E-state index contributed by atoms with van der Waals surface area (Å²) in [6.07, 6.45) is 3.20. The van der Waals surface area contributed by atoms with E-state index < -0.39 is 0 Å². The molecule has 1 aliphatic heterocycles. The molecule has 1 aromatic carbocycles. The predicted molar refractivity (Wildman–Crippen MR) is 78.3 cm³/mol. The minimum Gasteiger partial charge on any atom is -0.393 e. The molecule has 0 spiro atoms. The largest absolute Gasteiger partial charge is 0.393 e. The van der Waals surface area contributed by atoms with E-state index in [1.54, 1.807) is 0 Å². The minimum atomic E-state index is -0.185. The van der Waals surface area contributed by atoms with Crippen molar-refractivity contribution in [1.29, 1.82) is 0 Å². The number of aliphatic hydroxyl groups is 1. The number of aryl methyl sites for hydroxylation is 2. The molecule has 3 unspecified atom stereocenters. The number of rotatable bonds is 3. The summed E-state index contributed by atoms with van der Waals surface area (Å²) in [5.74, 6) is 1.11. The SMILES string of the molecule is Cc1ccc(CCC(=O)N2CC3CCC(O)C3C2)cc1. The lowest BCUT2D eigenvalue weighted by atomic mass is 10.00. The zero-order valence-corrected chi connectivity index (χ0v) is 12.1. The number of nitrogens with zero attached hydrogens (tertiary/aromatic N) is 1. The molecule has 0 bridgehead atoms. The fourth-order valence-electron chi connectivity index (χ4n) is 3.60. The molecule has 2 fully saturated rings. The van der Waals surface area contributed by atoms with E-state index in [1.807, 2.05) is 4.90 Å². The maximum atomic E-state index is 12.3. The summed E-state index contributed by atoms with van der Waals surface area (Å²) in [6.45, 7) is 3.69. The second kappa shape index (κ2) is 5.57. The van der Waals surface area contributed by atoms with E-state index in [2.05, 4.69) is 31.2 Å². The molecule has 1 aliphatic carbocycles. The normalized spacial score (nSPS) is 28.7. The molecule has 1 saturated carbocycles. The van der Waals surface area contributed by atoms with Crippen molar-refractivity contribution in [3.05, 3.63) is 35.4 Å². The predicted octanol–water partition coefficient (Wildman–Crippen LogP) is 2.16. The fraction of sp³-hybridized carbons (Fsp3) is 0.588. The molecule has 1 aromatic rings. The Bertz CT molecular complexity index is 482. The standard InChI is InChI=1S/C17H23NO2/c1-12-2-4-13(5-3-12)6-9-17(20)18-10-14-7-8-16(19)15(14)11-18/h2-5,14-16,19H,6-11H2,1H3. The molecular weight excluding hydrogens is 250 g/mol. The van der Waals surface area contributed by atoms with Gasteiger partial charge in [0.15, 0.2) is 0 Å². The van der Waals surface area contributed by atoms with Gasteiger partial charge in [-0.1, -0.05) is 29.8 Å². The van der Waals surface area contributed by atoms with Gasteiger partial charge in [-0.25, -0.2) is 0 Å². The van der Waals surface area contributed by atoms with Crippen LogP contribution >= 0.6 is 0 Å². The molecule has 3 heteroatoms. The van der Waals surface area contributed by atoms with Crippen LogP contribution in [0.1, 0.15) is 30.4 Å². The van der Waals surface area contributed by atoms with Crippen molar-refractivity contribution in [1.82, 2.24) is 4.90 Å². The number of carbonyl (C=O) groups is 1. The number of carbonyl (C=O) groups excluding carboxylic acids is 1. The van der Waals surface area contributed by atoms with Gasteiger partial charge in [-0.05, 0) is 37.7 Å². The monoisotopic (exact) mass is 273 g/mol. The van der Waals surface area contributed by atoms with Gasteiger partial charge in [-0.15, -0.1) is 0 Å². The van der Waals surface area contributed by atoms with E-state index in [0.29, 0.717) is 18.3 Å². The van der Waals surface area contributed by atoms with Crippen LogP contribution in [0.3, 0.4) is 0 Å². The second-order valence-electron chi connectivity index (χ2n) is 6.35. The molecule has 20 heavy (non-hydrogen) atoms. The topological polar surface area (TPSA) is 40.5 Å². The summed E-state index contributed by atoms with van der Waals surface area (Å²) < 4.78 is 0.